The lowest BCUT2D eigenvalue weighted by Gasteiger charge is -2.44. The van der Waals surface area contributed by atoms with Crippen LogP contribution in [-0.2, 0) is 29.8 Å². The first kappa shape index (κ1) is 19.5. The highest BCUT2D eigenvalue weighted by atomic mass is 16.5. The van der Waals surface area contributed by atoms with Crippen molar-refractivity contribution < 1.29 is 4.74 Å². The molecule has 3 atom stereocenters. The fraction of sp³-hybridized carbons (Fsp3) is 0.357. The van der Waals surface area contributed by atoms with Crippen molar-refractivity contribution in [3.8, 4) is 0 Å². The Hall–Kier alpha value is -2.42. The summed E-state index contributed by atoms with van der Waals surface area (Å²) < 4.78 is 6.13. The van der Waals surface area contributed by atoms with E-state index >= 15 is 0 Å². The second-order valence-corrected chi connectivity index (χ2v) is 9.01. The molecular formula is C28H31NO. The molecule has 2 aliphatic rings. The van der Waals surface area contributed by atoms with Gasteiger partial charge in [-0.05, 0) is 59.8 Å². The molecule has 2 nitrogen and oxygen atoms in total. The van der Waals surface area contributed by atoms with E-state index in [2.05, 4.69) is 90.2 Å². The van der Waals surface area contributed by atoms with Crippen molar-refractivity contribution in [2.45, 2.75) is 44.4 Å². The molecular weight excluding hydrogens is 366 g/mol. The van der Waals surface area contributed by atoms with Gasteiger partial charge in [0.1, 0.15) is 0 Å². The third-order valence-corrected chi connectivity index (χ3v) is 7.14. The van der Waals surface area contributed by atoms with Crippen LogP contribution >= 0.6 is 0 Å². The first-order chi connectivity index (χ1) is 14.8. The molecule has 2 aliphatic carbocycles. The summed E-state index contributed by atoms with van der Waals surface area (Å²) in [6.07, 6.45) is 4.85. The molecule has 0 spiro atoms. The van der Waals surface area contributed by atoms with Gasteiger partial charge in [0.25, 0.3) is 0 Å². The summed E-state index contributed by atoms with van der Waals surface area (Å²) in [6.45, 7) is 2.52. The third kappa shape index (κ3) is 3.95. The number of rotatable bonds is 7. The Morgan fingerprint density at radius 3 is 2.33 bits per heavy atom. The molecule has 1 N–H and O–H groups in total. The summed E-state index contributed by atoms with van der Waals surface area (Å²) in [4.78, 5) is 0. The Morgan fingerprint density at radius 2 is 1.53 bits per heavy atom. The predicted octanol–water partition coefficient (Wildman–Crippen LogP) is 5.86. The molecule has 0 radical (unpaired) electrons. The first-order valence-electron chi connectivity index (χ1n) is 11.3. The van der Waals surface area contributed by atoms with Crippen molar-refractivity contribution in [1.29, 1.82) is 0 Å². The second-order valence-electron chi connectivity index (χ2n) is 9.01. The van der Waals surface area contributed by atoms with Crippen LogP contribution < -0.4 is 5.32 Å². The minimum atomic E-state index is 0.113. The fourth-order valence-corrected chi connectivity index (χ4v) is 5.62. The van der Waals surface area contributed by atoms with E-state index in [-0.39, 0.29) is 5.54 Å². The SMILES string of the molecule is c1ccc(CN[C@@]23CCC(COCc4ccccc4)C[C@@H]2Cc2ccccc23)cc1. The summed E-state index contributed by atoms with van der Waals surface area (Å²) in [6, 6.07) is 30.4. The number of benzene rings is 3. The summed E-state index contributed by atoms with van der Waals surface area (Å²) in [7, 11) is 0. The number of ether oxygens (including phenoxy) is 1. The molecule has 3 aromatic carbocycles. The van der Waals surface area contributed by atoms with E-state index in [1.165, 1.54) is 47.9 Å². The van der Waals surface area contributed by atoms with E-state index < -0.39 is 0 Å². The molecule has 2 heteroatoms. The minimum Gasteiger partial charge on any atom is -0.376 e. The van der Waals surface area contributed by atoms with Crippen molar-refractivity contribution >= 4 is 0 Å². The van der Waals surface area contributed by atoms with Crippen LogP contribution in [0.5, 0.6) is 0 Å². The minimum absolute atomic E-state index is 0.113. The number of hydrogen-bond donors (Lipinski definition) is 1. The fourth-order valence-electron chi connectivity index (χ4n) is 5.62. The van der Waals surface area contributed by atoms with E-state index in [1.54, 1.807) is 0 Å². The van der Waals surface area contributed by atoms with Crippen molar-refractivity contribution in [3.05, 3.63) is 107 Å². The monoisotopic (exact) mass is 397 g/mol. The summed E-state index contributed by atoms with van der Waals surface area (Å²) in [5, 5.41) is 4.03. The van der Waals surface area contributed by atoms with Crippen LogP contribution in [-0.4, -0.2) is 6.61 Å². The molecule has 1 fully saturated rings. The van der Waals surface area contributed by atoms with E-state index in [1.807, 2.05) is 0 Å². The zero-order chi connectivity index (χ0) is 20.2. The van der Waals surface area contributed by atoms with Gasteiger partial charge in [0.05, 0.1) is 6.61 Å². The first-order valence-corrected chi connectivity index (χ1v) is 11.3. The predicted molar refractivity (Wildman–Crippen MR) is 122 cm³/mol. The average molecular weight is 398 g/mol. The van der Waals surface area contributed by atoms with Gasteiger partial charge in [0.2, 0.25) is 0 Å². The number of hydrogen-bond acceptors (Lipinski definition) is 2. The number of fused-ring (bicyclic) bond motifs is 3. The molecule has 0 bridgehead atoms. The molecule has 0 aliphatic heterocycles. The van der Waals surface area contributed by atoms with E-state index in [0.29, 0.717) is 11.8 Å². The molecule has 5 rings (SSSR count). The molecule has 3 aromatic rings. The van der Waals surface area contributed by atoms with Gasteiger partial charge in [0, 0.05) is 18.7 Å². The van der Waals surface area contributed by atoms with Crippen LogP contribution in [0, 0.1) is 11.8 Å². The zero-order valence-electron chi connectivity index (χ0n) is 17.6. The van der Waals surface area contributed by atoms with Crippen LogP contribution in [0.2, 0.25) is 0 Å². The normalized spacial score (nSPS) is 24.9. The van der Waals surface area contributed by atoms with Crippen molar-refractivity contribution in [2.75, 3.05) is 6.61 Å². The lowest BCUT2D eigenvalue weighted by molar-refractivity contribution is 0.0358. The molecule has 1 unspecified atom stereocenters. The molecule has 0 saturated heterocycles. The molecule has 0 heterocycles. The number of nitrogens with one attached hydrogen (secondary N) is 1. The lowest BCUT2D eigenvalue weighted by Crippen LogP contribution is -2.49. The Kier molecular flexibility index (Phi) is 5.70. The Labute approximate surface area is 180 Å². The van der Waals surface area contributed by atoms with Crippen molar-refractivity contribution in [2.24, 2.45) is 11.8 Å². The Bertz CT molecular complexity index is 955. The molecule has 1 saturated carbocycles. The quantitative estimate of drug-likeness (QED) is 0.539. The topological polar surface area (TPSA) is 21.3 Å². The van der Waals surface area contributed by atoms with E-state index in [9.17, 15) is 0 Å². The maximum absolute atomic E-state index is 6.13. The van der Waals surface area contributed by atoms with Crippen molar-refractivity contribution in [1.82, 2.24) is 5.32 Å². The van der Waals surface area contributed by atoms with E-state index in [0.717, 1.165) is 19.8 Å². The maximum atomic E-state index is 6.13. The Morgan fingerprint density at radius 1 is 0.833 bits per heavy atom. The summed E-state index contributed by atoms with van der Waals surface area (Å²) >= 11 is 0. The Balaban J connectivity index is 1.27. The highest BCUT2D eigenvalue weighted by molar-refractivity contribution is 5.41. The van der Waals surface area contributed by atoms with Gasteiger partial charge in [-0.3, -0.25) is 0 Å². The van der Waals surface area contributed by atoms with Crippen LogP contribution in [0.15, 0.2) is 84.9 Å². The van der Waals surface area contributed by atoms with Gasteiger partial charge >= 0.3 is 0 Å². The van der Waals surface area contributed by atoms with Gasteiger partial charge < -0.3 is 10.1 Å². The summed E-state index contributed by atoms with van der Waals surface area (Å²) in [5.74, 6) is 1.30. The van der Waals surface area contributed by atoms with Crippen LogP contribution in [0.25, 0.3) is 0 Å². The van der Waals surface area contributed by atoms with Crippen LogP contribution in [0.4, 0.5) is 0 Å². The smallest absolute Gasteiger partial charge is 0.0717 e. The van der Waals surface area contributed by atoms with Gasteiger partial charge in [-0.15, -0.1) is 0 Å². The molecule has 0 amide bonds. The summed E-state index contributed by atoms with van der Waals surface area (Å²) in [5.41, 5.74) is 5.81. The van der Waals surface area contributed by atoms with Crippen LogP contribution in [0.3, 0.4) is 0 Å². The largest absolute Gasteiger partial charge is 0.376 e. The van der Waals surface area contributed by atoms with Crippen molar-refractivity contribution in [3.63, 3.8) is 0 Å². The average Bonchev–Trinajstić information content (AvgIpc) is 3.13. The van der Waals surface area contributed by atoms with Gasteiger partial charge in [0.15, 0.2) is 0 Å². The zero-order valence-corrected chi connectivity index (χ0v) is 17.6. The standard InChI is InChI=1S/C28H31NO/c1-3-9-22(10-4-1)19-29-28-16-15-24(21-30-20-23-11-5-2-6-12-23)17-26(28)18-25-13-7-8-14-27(25)28/h1-14,24,26,29H,15-21H2/t24?,26-,28+/m1/s1. The van der Waals surface area contributed by atoms with E-state index in [4.69, 9.17) is 4.74 Å². The van der Waals surface area contributed by atoms with Gasteiger partial charge in [-0.25, -0.2) is 0 Å². The maximum Gasteiger partial charge on any atom is 0.0717 e. The molecule has 0 aromatic heterocycles. The molecule has 30 heavy (non-hydrogen) atoms. The van der Waals surface area contributed by atoms with Gasteiger partial charge in [-0.1, -0.05) is 84.9 Å². The highest BCUT2D eigenvalue weighted by Gasteiger charge is 2.49. The highest BCUT2D eigenvalue weighted by Crippen LogP contribution is 2.51. The lowest BCUT2D eigenvalue weighted by atomic mass is 9.69. The van der Waals surface area contributed by atoms with Gasteiger partial charge in [-0.2, -0.15) is 0 Å². The second kappa shape index (κ2) is 8.75. The third-order valence-electron chi connectivity index (χ3n) is 7.14. The van der Waals surface area contributed by atoms with Crippen LogP contribution in [0.1, 0.15) is 41.5 Å². The molecule has 154 valence electrons.